The highest BCUT2D eigenvalue weighted by Crippen LogP contribution is 2.23. The molecule has 106 valence electrons. The van der Waals surface area contributed by atoms with Crippen molar-refractivity contribution < 1.29 is 4.92 Å². The minimum atomic E-state index is -0.336. The van der Waals surface area contributed by atoms with Gasteiger partial charge >= 0.3 is 0 Å². The van der Waals surface area contributed by atoms with Crippen LogP contribution in [0.25, 0.3) is 0 Å². The SMILES string of the molecule is CCc1ccc(NCc2nccn2CC)cc1[N+](=O)[O-]. The van der Waals surface area contributed by atoms with E-state index in [2.05, 4.69) is 10.3 Å². The molecule has 1 aromatic heterocycles. The fourth-order valence-corrected chi connectivity index (χ4v) is 2.12. The Kier molecular flexibility index (Phi) is 4.34. The first-order chi connectivity index (χ1) is 9.65. The molecule has 0 aliphatic rings. The van der Waals surface area contributed by atoms with Gasteiger partial charge in [-0.3, -0.25) is 10.1 Å². The van der Waals surface area contributed by atoms with Gasteiger partial charge in [-0.25, -0.2) is 4.98 Å². The summed E-state index contributed by atoms with van der Waals surface area (Å²) < 4.78 is 2.03. The Labute approximate surface area is 117 Å². The van der Waals surface area contributed by atoms with Gasteiger partial charge in [0.1, 0.15) is 5.82 Å². The molecular formula is C14H18N4O2. The van der Waals surface area contributed by atoms with Gasteiger partial charge in [0.2, 0.25) is 0 Å². The summed E-state index contributed by atoms with van der Waals surface area (Å²) in [6, 6.07) is 5.25. The summed E-state index contributed by atoms with van der Waals surface area (Å²) in [6.45, 7) is 5.36. The summed E-state index contributed by atoms with van der Waals surface area (Å²) in [5, 5.41) is 14.2. The van der Waals surface area contributed by atoms with Crippen LogP contribution in [0.3, 0.4) is 0 Å². The molecule has 0 bridgehead atoms. The summed E-state index contributed by atoms with van der Waals surface area (Å²) in [6.07, 6.45) is 4.32. The van der Waals surface area contributed by atoms with Crippen molar-refractivity contribution >= 4 is 11.4 Å². The van der Waals surface area contributed by atoms with Crippen LogP contribution >= 0.6 is 0 Å². The van der Waals surface area contributed by atoms with Crippen molar-refractivity contribution in [2.45, 2.75) is 33.4 Å². The van der Waals surface area contributed by atoms with Gasteiger partial charge < -0.3 is 9.88 Å². The van der Waals surface area contributed by atoms with E-state index in [-0.39, 0.29) is 10.6 Å². The molecule has 6 nitrogen and oxygen atoms in total. The van der Waals surface area contributed by atoms with Gasteiger partial charge in [0.05, 0.1) is 11.5 Å². The van der Waals surface area contributed by atoms with E-state index in [9.17, 15) is 10.1 Å². The molecule has 1 aromatic carbocycles. The van der Waals surface area contributed by atoms with Crippen LogP contribution in [0.5, 0.6) is 0 Å². The van der Waals surface area contributed by atoms with E-state index in [0.29, 0.717) is 13.0 Å². The van der Waals surface area contributed by atoms with Crippen molar-refractivity contribution in [1.82, 2.24) is 9.55 Å². The van der Waals surface area contributed by atoms with E-state index in [1.165, 1.54) is 0 Å². The molecule has 1 heterocycles. The fourth-order valence-electron chi connectivity index (χ4n) is 2.12. The number of aromatic nitrogens is 2. The number of nitro groups is 1. The largest absolute Gasteiger partial charge is 0.378 e. The van der Waals surface area contributed by atoms with Crippen molar-refractivity contribution in [2.24, 2.45) is 0 Å². The number of rotatable bonds is 6. The van der Waals surface area contributed by atoms with E-state index in [1.54, 1.807) is 18.3 Å². The number of hydrogen-bond acceptors (Lipinski definition) is 4. The quantitative estimate of drug-likeness (QED) is 0.649. The minimum Gasteiger partial charge on any atom is -0.378 e. The second-order valence-electron chi connectivity index (χ2n) is 4.44. The Bertz CT molecular complexity index is 607. The van der Waals surface area contributed by atoms with Crippen LogP contribution in [-0.2, 0) is 19.5 Å². The van der Waals surface area contributed by atoms with E-state index in [0.717, 1.165) is 23.6 Å². The van der Waals surface area contributed by atoms with Gasteiger partial charge in [-0.1, -0.05) is 13.0 Å². The average molecular weight is 274 g/mol. The Hall–Kier alpha value is -2.37. The smallest absolute Gasteiger partial charge is 0.274 e. The molecule has 0 spiro atoms. The Balaban J connectivity index is 2.14. The lowest BCUT2D eigenvalue weighted by Gasteiger charge is -2.09. The molecule has 0 aliphatic carbocycles. The predicted molar refractivity (Wildman–Crippen MR) is 77.7 cm³/mol. The Morgan fingerprint density at radius 1 is 1.40 bits per heavy atom. The highest BCUT2D eigenvalue weighted by Gasteiger charge is 2.13. The third kappa shape index (κ3) is 2.96. The van der Waals surface area contributed by atoms with Crippen LogP contribution < -0.4 is 5.32 Å². The van der Waals surface area contributed by atoms with E-state index < -0.39 is 0 Å². The maximum absolute atomic E-state index is 11.0. The maximum atomic E-state index is 11.0. The number of benzene rings is 1. The molecule has 0 unspecified atom stereocenters. The Morgan fingerprint density at radius 3 is 2.85 bits per heavy atom. The van der Waals surface area contributed by atoms with Gasteiger partial charge in [0.15, 0.2) is 0 Å². The summed E-state index contributed by atoms with van der Waals surface area (Å²) in [5.74, 6) is 0.912. The summed E-state index contributed by atoms with van der Waals surface area (Å²) in [5.41, 5.74) is 1.64. The number of hydrogen-bond donors (Lipinski definition) is 1. The maximum Gasteiger partial charge on any atom is 0.274 e. The van der Waals surface area contributed by atoms with Crippen molar-refractivity contribution in [3.8, 4) is 0 Å². The number of anilines is 1. The molecule has 0 atom stereocenters. The van der Waals surface area contributed by atoms with Gasteiger partial charge in [0, 0.05) is 36.3 Å². The lowest BCUT2D eigenvalue weighted by Crippen LogP contribution is -2.08. The van der Waals surface area contributed by atoms with E-state index in [4.69, 9.17) is 0 Å². The Morgan fingerprint density at radius 2 is 2.20 bits per heavy atom. The molecule has 0 radical (unpaired) electrons. The number of imidazole rings is 1. The second kappa shape index (κ2) is 6.18. The third-order valence-electron chi connectivity index (χ3n) is 3.26. The summed E-state index contributed by atoms with van der Waals surface area (Å²) in [7, 11) is 0. The van der Waals surface area contributed by atoms with E-state index >= 15 is 0 Å². The van der Waals surface area contributed by atoms with Crippen LogP contribution in [-0.4, -0.2) is 14.5 Å². The van der Waals surface area contributed by atoms with Crippen LogP contribution in [0.2, 0.25) is 0 Å². The highest BCUT2D eigenvalue weighted by molar-refractivity contribution is 5.55. The fraction of sp³-hybridized carbons (Fsp3) is 0.357. The normalized spacial score (nSPS) is 10.5. The van der Waals surface area contributed by atoms with Gasteiger partial charge in [-0.05, 0) is 19.4 Å². The number of nitrogens with zero attached hydrogens (tertiary/aromatic N) is 3. The molecule has 0 amide bonds. The van der Waals surface area contributed by atoms with Crippen LogP contribution in [0.4, 0.5) is 11.4 Å². The molecule has 20 heavy (non-hydrogen) atoms. The molecule has 2 rings (SSSR count). The summed E-state index contributed by atoms with van der Waals surface area (Å²) in [4.78, 5) is 15.0. The first kappa shape index (κ1) is 14.0. The molecule has 0 saturated heterocycles. The van der Waals surface area contributed by atoms with Crippen LogP contribution in [0.15, 0.2) is 30.6 Å². The zero-order valence-electron chi connectivity index (χ0n) is 11.7. The third-order valence-corrected chi connectivity index (χ3v) is 3.26. The van der Waals surface area contributed by atoms with Crippen LogP contribution in [0.1, 0.15) is 25.2 Å². The van der Waals surface area contributed by atoms with Crippen molar-refractivity contribution in [3.05, 3.63) is 52.1 Å². The first-order valence-electron chi connectivity index (χ1n) is 6.66. The van der Waals surface area contributed by atoms with Crippen molar-refractivity contribution in [2.75, 3.05) is 5.32 Å². The van der Waals surface area contributed by atoms with Crippen molar-refractivity contribution in [1.29, 1.82) is 0 Å². The molecule has 0 fully saturated rings. The zero-order chi connectivity index (χ0) is 14.5. The van der Waals surface area contributed by atoms with Gasteiger partial charge in [-0.15, -0.1) is 0 Å². The molecule has 2 aromatic rings. The predicted octanol–water partition coefficient (Wildman–Crippen LogP) is 2.99. The standard InChI is InChI=1S/C14H18N4O2/c1-3-11-5-6-12(9-13(11)18(19)20)16-10-14-15-7-8-17(14)4-2/h5-9,16H,3-4,10H2,1-2H3. The topological polar surface area (TPSA) is 73.0 Å². The van der Waals surface area contributed by atoms with Gasteiger partial charge in [-0.2, -0.15) is 0 Å². The number of nitro benzene ring substituents is 1. The van der Waals surface area contributed by atoms with Crippen molar-refractivity contribution in [3.63, 3.8) is 0 Å². The van der Waals surface area contributed by atoms with Crippen LogP contribution in [0, 0.1) is 10.1 Å². The molecule has 1 N–H and O–H groups in total. The highest BCUT2D eigenvalue weighted by atomic mass is 16.6. The summed E-state index contributed by atoms with van der Waals surface area (Å²) >= 11 is 0. The average Bonchev–Trinajstić information content (AvgIpc) is 2.92. The molecule has 6 heteroatoms. The first-order valence-corrected chi connectivity index (χ1v) is 6.66. The van der Waals surface area contributed by atoms with Gasteiger partial charge in [0.25, 0.3) is 5.69 Å². The number of nitrogens with one attached hydrogen (secondary N) is 1. The number of aryl methyl sites for hydroxylation is 2. The lowest BCUT2D eigenvalue weighted by atomic mass is 10.1. The molecule has 0 aliphatic heterocycles. The molecule has 0 saturated carbocycles. The minimum absolute atomic E-state index is 0.163. The molecular weight excluding hydrogens is 256 g/mol. The van der Waals surface area contributed by atoms with E-state index in [1.807, 2.05) is 30.7 Å². The second-order valence-corrected chi connectivity index (χ2v) is 4.44. The lowest BCUT2D eigenvalue weighted by molar-refractivity contribution is -0.385. The monoisotopic (exact) mass is 274 g/mol. The zero-order valence-corrected chi connectivity index (χ0v) is 11.7.